The molecule has 1 aliphatic carbocycles. The predicted molar refractivity (Wildman–Crippen MR) is 59.0 cm³/mol. The Kier molecular flexibility index (Phi) is 5.17. The summed E-state index contributed by atoms with van der Waals surface area (Å²) in [5.41, 5.74) is 0. The maximum absolute atomic E-state index is 11.8. The van der Waals surface area contributed by atoms with Crippen LogP contribution in [0.5, 0.6) is 0 Å². The van der Waals surface area contributed by atoms with Gasteiger partial charge in [0.15, 0.2) is 0 Å². The zero-order valence-corrected chi connectivity index (χ0v) is 9.46. The third-order valence-corrected chi connectivity index (χ3v) is 3.03. The molecule has 0 aromatic carbocycles. The molecule has 1 aliphatic rings. The van der Waals surface area contributed by atoms with E-state index in [1.54, 1.807) is 0 Å². The van der Waals surface area contributed by atoms with Crippen molar-refractivity contribution in [1.82, 2.24) is 5.32 Å². The number of carbonyl (C=O) groups is 1. The summed E-state index contributed by atoms with van der Waals surface area (Å²) >= 11 is 0. The Bertz CT molecular complexity index is 236. The zero-order chi connectivity index (χ0) is 11.1. The minimum Gasteiger partial charge on any atom is -0.355 e. The van der Waals surface area contributed by atoms with Crippen LogP contribution in [0, 0.1) is 23.2 Å². The van der Waals surface area contributed by atoms with Crippen LogP contribution in [0.3, 0.4) is 0 Å². The molecule has 0 radical (unpaired) electrons. The third-order valence-electron chi connectivity index (χ3n) is 3.03. The second-order valence-electron chi connectivity index (χ2n) is 4.46. The largest absolute Gasteiger partial charge is 0.355 e. The fourth-order valence-electron chi connectivity index (χ4n) is 1.99. The number of nitriles is 1. The van der Waals surface area contributed by atoms with E-state index in [0.717, 1.165) is 12.8 Å². The van der Waals surface area contributed by atoms with E-state index in [9.17, 15) is 4.79 Å². The highest BCUT2D eigenvalue weighted by Gasteiger charge is 2.19. The number of carbonyl (C=O) groups excluding carboxylic acids is 1. The van der Waals surface area contributed by atoms with Crippen molar-refractivity contribution in [3.05, 3.63) is 0 Å². The fourth-order valence-corrected chi connectivity index (χ4v) is 1.99. The van der Waals surface area contributed by atoms with E-state index < -0.39 is 0 Å². The van der Waals surface area contributed by atoms with Crippen molar-refractivity contribution in [3.63, 3.8) is 0 Å². The van der Waals surface area contributed by atoms with Gasteiger partial charge in [-0.25, -0.2) is 0 Å². The van der Waals surface area contributed by atoms with Crippen molar-refractivity contribution in [3.8, 4) is 6.07 Å². The third kappa shape index (κ3) is 4.33. The molecule has 3 nitrogen and oxygen atoms in total. The standard InChI is InChI=1S/C12H20N2O/c1-10(8-13)9-14-12(15)11-6-4-2-3-5-7-11/h10-11H,2-7,9H2,1H3,(H,14,15). The van der Waals surface area contributed by atoms with Crippen molar-refractivity contribution < 1.29 is 4.79 Å². The van der Waals surface area contributed by atoms with Crippen LogP contribution < -0.4 is 5.32 Å². The van der Waals surface area contributed by atoms with Gasteiger partial charge in [-0.15, -0.1) is 0 Å². The molecule has 1 N–H and O–H groups in total. The Labute approximate surface area is 91.9 Å². The van der Waals surface area contributed by atoms with Crippen molar-refractivity contribution >= 4 is 5.91 Å². The first-order valence-electron chi connectivity index (χ1n) is 5.91. The lowest BCUT2D eigenvalue weighted by atomic mass is 9.99. The van der Waals surface area contributed by atoms with E-state index >= 15 is 0 Å². The van der Waals surface area contributed by atoms with Gasteiger partial charge in [0, 0.05) is 12.5 Å². The van der Waals surface area contributed by atoms with Crippen LogP contribution in [-0.2, 0) is 4.79 Å². The molecule has 0 spiro atoms. The molecular weight excluding hydrogens is 188 g/mol. The molecule has 1 amide bonds. The molecule has 3 heteroatoms. The van der Waals surface area contributed by atoms with Crippen LogP contribution >= 0.6 is 0 Å². The molecule has 84 valence electrons. The average Bonchev–Trinajstić information content (AvgIpc) is 2.53. The second-order valence-corrected chi connectivity index (χ2v) is 4.46. The van der Waals surface area contributed by atoms with Crippen LogP contribution in [-0.4, -0.2) is 12.5 Å². The van der Waals surface area contributed by atoms with Gasteiger partial charge in [-0.1, -0.05) is 25.7 Å². The van der Waals surface area contributed by atoms with Crippen LogP contribution in [0.15, 0.2) is 0 Å². The summed E-state index contributed by atoms with van der Waals surface area (Å²) in [5, 5.41) is 11.5. The summed E-state index contributed by atoms with van der Waals surface area (Å²) in [6.07, 6.45) is 6.91. The lowest BCUT2D eigenvalue weighted by molar-refractivity contribution is -0.125. The minimum atomic E-state index is -0.0836. The summed E-state index contributed by atoms with van der Waals surface area (Å²) < 4.78 is 0. The van der Waals surface area contributed by atoms with Crippen LogP contribution in [0.25, 0.3) is 0 Å². The maximum atomic E-state index is 11.8. The Balaban J connectivity index is 2.29. The molecule has 0 aliphatic heterocycles. The minimum absolute atomic E-state index is 0.0836. The highest BCUT2D eigenvalue weighted by Crippen LogP contribution is 2.22. The van der Waals surface area contributed by atoms with Crippen LogP contribution in [0.2, 0.25) is 0 Å². The lowest BCUT2D eigenvalue weighted by Gasteiger charge is -2.14. The topological polar surface area (TPSA) is 52.9 Å². The number of amides is 1. The highest BCUT2D eigenvalue weighted by molar-refractivity contribution is 5.78. The number of rotatable bonds is 3. The quantitative estimate of drug-likeness (QED) is 0.723. The predicted octanol–water partition coefficient (Wildman–Crippen LogP) is 2.23. The molecular formula is C12H20N2O. The van der Waals surface area contributed by atoms with Gasteiger partial charge in [-0.05, 0) is 19.8 Å². The lowest BCUT2D eigenvalue weighted by Crippen LogP contribution is -2.33. The summed E-state index contributed by atoms with van der Waals surface area (Å²) in [4.78, 5) is 11.8. The van der Waals surface area contributed by atoms with Gasteiger partial charge in [0.1, 0.15) is 0 Å². The van der Waals surface area contributed by atoms with E-state index in [1.165, 1.54) is 25.7 Å². The normalized spacial score (nSPS) is 20.0. The first-order chi connectivity index (χ1) is 7.24. The van der Waals surface area contributed by atoms with Crippen molar-refractivity contribution in [1.29, 1.82) is 5.26 Å². The van der Waals surface area contributed by atoms with Gasteiger partial charge in [0.05, 0.1) is 12.0 Å². The summed E-state index contributed by atoms with van der Waals surface area (Å²) in [5.74, 6) is 0.261. The summed E-state index contributed by atoms with van der Waals surface area (Å²) in [6, 6.07) is 2.12. The summed E-state index contributed by atoms with van der Waals surface area (Å²) in [6.45, 7) is 2.32. The smallest absolute Gasteiger partial charge is 0.223 e. The second kappa shape index (κ2) is 6.44. The number of hydrogen-bond acceptors (Lipinski definition) is 2. The first-order valence-corrected chi connectivity index (χ1v) is 5.91. The van der Waals surface area contributed by atoms with Gasteiger partial charge in [0.25, 0.3) is 0 Å². The molecule has 0 bridgehead atoms. The molecule has 0 aromatic heterocycles. The van der Waals surface area contributed by atoms with E-state index in [0.29, 0.717) is 6.54 Å². The van der Waals surface area contributed by atoms with Crippen molar-refractivity contribution in [2.24, 2.45) is 11.8 Å². The van der Waals surface area contributed by atoms with E-state index in [2.05, 4.69) is 11.4 Å². The van der Waals surface area contributed by atoms with Gasteiger partial charge in [-0.2, -0.15) is 5.26 Å². The number of nitrogens with zero attached hydrogens (tertiary/aromatic N) is 1. The molecule has 0 saturated heterocycles. The number of nitrogens with one attached hydrogen (secondary N) is 1. The first kappa shape index (κ1) is 12.0. The van der Waals surface area contributed by atoms with E-state index in [1.807, 2.05) is 6.92 Å². The number of hydrogen-bond donors (Lipinski definition) is 1. The van der Waals surface area contributed by atoms with Gasteiger partial charge >= 0.3 is 0 Å². The summed E-state index contributed by atoms with van der Waals surface area (Å²) in [7, 11) is 0. The Morgan fingerprint density at radius 3 is 2.53 bits per heavy atom. The van der Waals surface area contributed by atoms with Crippen molar-refractivity contribution in [2.45, 2.75) is 45.4 Å². The molecule has 1 saturated carbocycles. The van der Waals surface area contributed by atoms with E-state index in [-0.39, 0.29) is 17.7 Å². The molecule has 0 heterocycles. The monoisotopic (exact) mass is 208 g/mol. The van der Waals surface area contributed by atoms with Gasteiger partial charge < -0.3 is 5.32 Å². The zero-order valence-electron chi connectivity index (χ0n) is 9.46. The Morgan fingerprint density at radius 1 is 1.40 bits per heavy atom. The van der Waals surface area contributed by atoms with Crippen LogP contribution in [0.1, 0.15) is 45.4 Å². The van der Waals surface area contributed by atoms with Crippen molar-refractivity contribution in [2.75, 3.05) is 6.54 Å². The molecule has 15 heavy (non-hydrogen) atoms. The average molecular weight is 208 g/mol. The maximum Gasteiger partial charge on any atom is 0.223 e. The fraction of sp³-hybridized carbons (Fsp3) is 0.833. The molecule has 1 atom stereocenters. The van der Waals surface area contributed by atoms with E-state index in [4.69, 9.17) is 5.26 Å². The molecule has 1 unspecified atom stereocenters. The van der Waals surface area contributed by atoms with Crippen LogP contribution in [0.4, 0.5) is 0 Å². The van der Waals surface area contributed by atoms with Gasteiger partial charge in [-0.3, -0.25) is 4.79 Å². The molecule has 0 aromatic rings. The van der Waals surface area contributed by atoms with Gasteiger partial charge in [0.2, 0.25) is 5.91 Å². The molecule has 1 rings (SSSR count). The SMILES string of the molecule is CC(C#N)CNC(=O)C1CCCCCC1. The highest BCUT2D eigenvalue weighted by atomic mass is 16.1. The Hall–Kier alpha value is -1.04. The Morgan fingerprint density at radius 2 is 2.00 bits per heavy atom. The molecule has 1 fully saturated rings.